The van der Waals surface area contributed by atoms with Crippen LogP contribution in [0.4, 0.5) is 0 Å². The summed E-state index contributed by atoms with van der Waals surface area (Å²) in [7, 11) is 1.85. The van der Waals surface area contributed by atoms with Gasteiger partial charge in [-0.25, -0.2) is 4.99 Å². The molecule has 0 radical (unpaired) electrons. The molecule has 1 aliphatic heterocycles. The second-order valence-corrected chi connectivity index (χ2v) is 16.1. The van der Waals surface area contributed by atoms with Gasteiger partial charge >= 0.3 is 0 Å². The van der Waals surface area contributed by atoms with Gasteiger partial charge in [-0.2, -0.15) is 0 Å². The van der Waals surface area contributed by atoms with Crippen molar-refractivity contribution in [3.63, 3.8) is 0 Å². The molecule has 2 heterocycles. The predicted octanol–water partition coefficient (Wildman–Crippen LogP) is 13.1. The minimum atomic E-state index is -0.581. The summed E-state index contributed by atoms with van der Waals surface area (Å²) >= 11 is 2.36. The Hall–Kier alpha value is -6.05. The maximum atomic E-state index is 5.62. The molecule has 4 nitrogen and oxygen atoms in total. The summed E-state index contributed by atoms with van der Waals surface area (Å²) in [6, 6.07) is 54.6. The molecule has 2 atom stereocenters. The van der Waals surface area contributed by atoms with E-state index in [1.54, 1.807) is 0 Å². The quantitative estimate of drug-likeness (QED) is 0.0810. The van der Waals surface area contributed by atoms with Crippen LogP contribution in [0.25, 0.3) is 39.2 Å². The first-order valence-electron chi connectivity index (χ1n) is 19.9. The molecule has 2 aliphatic rings. The number of aromatic nitrogens is 1. The van der Waals surface area contributed by atoms with E-state index in [-0.39, 0.29) is 5.92 Å². The largest absolute Gasteiger partial charge is 0.288 e. The van der Waals surface area contributed by atoms with Crippen LogP contribution in [0.3, 0.4) is 0 Å². The molecule has 5 heteroatoms. The number of halogens is 1. The highest BCUT2D eigenvalue weighted by Gasteiger charge is 2.34. The number of amidine groups is 1. The minimum absolute atomic E-state index is 0.205. The number of hydrogen-bond donors (Lipinski definition) is 0. The van der Waals surface area contributed by atoms with Crippen LogP contribution in [-0.4, -0.2) is 33.7 Å². The molecule has 0 bridgehead atoms. The van der Waals surface area contributed by atoms with Crippen LogP contribution in [0.5, 0.6) is 0 Å². The summed E-state index contributed by atoms with van der Waals surface area (Å²) in [5.74, 6) is 0.946. The Morgan fingerprint density at radius 3 is 2.34 bits per heavy atom. The summed E-state index contributed by atoms with van der Waals surface area (Å²) < 4.78 is 0.933. The number of pyridine rings is 1. The van der Waals surface area contributed by atoms with Crippen molar-refractivity contribution < 1.29 is 0 Å². The fraction of sp³-hybridized carbons (Fsp3) is 0.132. The van der Waals surface area contributed by atoms with Crippen molar-refractivity contribution in [2.45, 2.75) is 31.2 Å². The highest BCUT2D eigenvalue weighted by Crippen LogP contribution is 2.41. The number of fused-ring (bicyclic) bond motifs is 2. The predicted molar refractivity (Wildman–Crippen MR) is 253 cm³/mol. The lowest BCUT2D eigenvalue weighted by atomic mass is 9.80. The summed E-state index contributed by atoms with van der Waals surface area (Å²) in [4.78, 5) is 20.3. The second kappa shape index (κ2) is 16.4. The van der Waals surface area contributed by atoms with E-state index < -0.39 is 5.54 Å². The monoisotopic (exact) mass is 862 g/mol. The maximum Gasteiger partial charge on any atom is 0.155 e. The highest BCUT2D eigenvalue weighted by molar-refractivity contribution is 14.1. The van der Waals surface area contributed by atoms with Gasteiger partial charge in [-0.15, -0.1) is 0 Å². The Labute approximate surface area is 354 Å². The number of benzene rings is 6. The molecule has 0 fully saturated rings. The van der Waals surface area contributed by atoms with Gasteiger partial charge in [-0.05, 0) is 99.0 Å². The van der Waals surface area contributed by atoms with Crippen LogP contribution >= 0.6 is 22.6 Å². The topological polar surface area (TPSA) is 50.0 Å². The van der Waals surface area contributed by atoms with E-state index in [9.17, 15) is 0 Å². The molecule has 7 aromatic rings. The lowest BCUT2D eigenvalue weighted by Gasteiger charge is -2.31. The van der Waals surface area contributed by atoms with Gasteiger partial charge in [-0.3, -0.25) is 15.0 Å². The van der Waals surface area contributed by atoms with Gasteiger partial charge in [0.15, 0.2) is 5.84 Å². The molecule has 6 aromatic carbocycles. The van der Waals surface area contributed by atoms with E-state index in [2.05, 4.69) is 203 Å². The molecule has 9 rings (SSSR count). The molecule has 0 saturated carbocycles. The number of rotatable bonds is 9. The summed E-state index contributed by atoms with van der Waals surface area (Å²) in [5.41, 5.74) is 14.0. The van der Waals surface area contributed by atoms with Crippen LogP contribution in [0, 0.1) is 0 Å². The Morgan fingerprint density at radius 1 is 0.776 bits per heavy atom. The van der Waals surface area contributed by atoms with Crippen molar-refractivity contribution in [2.75, 3.05) is 11.5 Å². The summed E-state index contributed by atoms with van der Waals surface area (Å²) in [5, 5.41) is 2.45. The normalized spacial score (nSPS) is 17.9. The minimum Gasteiger partial charge on any atom is -0.288 e. The first-order valence-corrected chi connectivity index (χ1v) is 21.4. The van der Waals surface area contributed by atoms with E-state index in [1.165, 1.54) is 33.0 Å². The zero-order valence-electron chi connectivity index (χ0n) is 32.7. The third-order valence-corrected chi connectivity index (χ3v) is 12.0. The van der Waals surface area contributed by atoms with E-state index in [0.717, 1.165) is 67.2 Å². The van der Waals surface area contributed by atoms with Gasteiger partial charge in [0.2, 0.25) is 0 Å². The Morgan fingerprint density at radius 2 is 1.53 bits per heavy atom. The molecule has 2 unspecified atom stereocenters. The van der Waals surface area contributed by atoms with Gasteiger partial charge < -0.3 is 0 Å². The summed E-state index contributed by atoms with van der Waals surface area (Å²) in [6.45, 7) is 2.25. The maximum absolute atomic E-state index is 5.62. The molecule has 282 valence electrons. The highest BCUT2D eigenvalue weighted by atomic mass is 127. The zero-order valence-corrected chi connectivity index (χ0v) is 34.8. The lowest BCUT2D eigenvalue weighted by Crippen LogP contribution is -2.30. The molecule has 58 heavy (non-hydrogen) atoms. The van der Waals surface area contributed by atoms with E-state index in [1.807, 2.05) is 25.4 Å². The molecular weight excluding hydrogens is 820 g/mol. The number of nitrogens with zero attached hydrogens (tertiary/aromatic N) is 4. The Kier molecular flexibility index (Phi) is 10.6. The average molecular weight is 863 g/mol. The van der Waals surface area contributed by atoms with Crippen molar-refractivity contribution in [2.24, 2.45) is 15.0 Å². The van der Waals surface area contributed by atoms with E-state index in [4.69, 9.17) is 9.98 Å². The fourth-order valence-corrected chi connectivity index (χ4v) is 8.70. The summed E-state index contributed by atoms with van der Waals surface area (Å²) in [6.07, 6.45) is 12.2. The van der Waals surface area contributed by atoms with Crippen LogP contribution in [0.2, 0.25) is 0 Å². The number of hydrogen-bond acceptors (Lipinski definition) is 4. The lowest BCUT2D eigenvalue weighted by molar-refractivity contribution is 0.515. The van der Waals surface area contributed by atoms with Crippen molar-refractivity contribution in [1.82, 2.24) is 4.98 Å². The second-order valence-electron chi connectivity index (χ2n) is 15.2. The molecule has 0 spiro atoms. The molecule has 1 aliphatic carbocycles. The Balaban J connectivity index is 1.22. The average Bonchev–Trinajstić information content (AvgIpc) is 3.29. The molecule has 0 N–H and O–H groups in total. The van der Waals surface area contributed by atoms with E-state index in [0.29, 0.717) is 6.42 Å². The van der Waals surface area contributed by atoms with Crippen molar-refractivity contribution in [3.05, 3.63) is 215 Å². The van der Waals surface area contributed by atoms with Gasteiger partial charge in [-0.1, -0.05) is 168 Å². The van der Waals surface area contributed by atoms with E-state index >= 15 is 0 Å². The SMILES string of the molecule is C/N=C(\C=C/CI)c1ccc(C2=NC(c3cc(-c4cccc5ccccc45)cc(C4CC=Cc5ccccc54)c3)=NC(C)(c3ccc(-c4ccccn4)cc3)C2)cc1. The zero-order chi connectivity index (χ0) is 39.5. The molecule has 0 saturated heterocycles. The number of aliphatic imine (C=N–C) groups is 3. The molecular formula is C53H43IN4. The van der Waals surface area contributed by atoms with Gasteiger partial charge in [0.1, 0.15) is 0 Å². The molecule has 0 amide bonds. The third-order valence-electron chi connectivity index (χ3n) is 11.4. The first kappa shape index (κ1) is 37.5. The third kappa shape index (κ3) is 7.54. The Bertz CT molecular complexity index is 2770. The van der Waals surface area contributed by atoms with Crippen LogP contribution in [0.15, 0.2) is 191 Å². The van der Waals surface area contributed by atoms with Gasteiger partial charge in [0.25, 0.3) is 0 Å². The van der Waals surface area contributed by atoms with Crippen molar-refractivity contribution in [3.8, 4) is 22.4 Å². The smallest absolute Gasteiger partial charge is 0.155 e. The molecule has 1 aromatic heterocycles. The fourth-order valence-electron chi connectivity index (χ4n) is 8.45. The van der Waals surface area contributed by atoms with Gasteiger partial charge in [0.05, 0.1) is 22.7 Å². The van der Waals surface area contributed by atoms with Crippen molar-refractivity contribution >= 4 is 56.7 Å². The first-order chi connectivity index (χ1) is 28.5. The standard InChI is InChI=1S/C53H43IN4/c1-53(44-28-26-39(27-29-44)50-20-7-8-31-56-50)35-51(40-24-22-38(23-25-40)49(55-2)21-11-30-54)57-52(58-53)43-33-41(47-18-9-14-36-12-3-5-16-45(36)47)32-42(34-43)48-19-10-15-37-13-4-6-17-46(37)48/h3-18,20-29,31-34,48H,19,30,35H2,1-2H3/b21-11-,55-49+. The van der Waals surface area contributed by atoms with Crippen molar-refractivity contribution in [1.29, 1.82) is 0 Å². The van der Waals surface area contributed by atoms with Crippen LogP contribution in [0.1, 0.15) is 64.6 Å². The van der Waals surface area contributed by atoms with Crippen LogP contribution < -0.4 is 0 Å². The van der Waals surface area contributed by atoms with Gasteiger partial charge in [0, 0.05) is 41.1 Å². The van der Waals surface area contributed by atoms with Crippen LogP contribution in [-0.2, 0) is 5.54 Å². The number of allylic oxidation sites excluding steroid dienone is 3. The number of alkyl halides is 1.